The summed E-state index contributed by atoms with van der Waals surface area (Å²) in [6, 6.07) is 4.57. The highest BCUT2D eigenvalue weighted by Gasteiger charge is 2.68. The summed E-state index contributed by atoms with van der Waals surface area (Å²) in [6.07, 6.45) is -1.20. The Morgan fingerprint density at radius 2 is 1.83 bits per heavy atom. The molecule has 0 unspecified atom stereocenters. The second-order valence-electron chi connectivity index (χ2n) is 11.1. The smallest absolute Gasteiger partial charge is 0.351 e. The molecule has 1 N–H and O–H groups in total. The Morgan fingerprint density at radius 1 is 1.14 bits per heavy atom. The van der Waals surface area contributed by atoms with Crippen molar-refractivity contribution in [1.29, 1.82) is 0 Å². The largest absolute Gasteiger partial charge is 0.471 e. The zero-order chi connectivity index (χ0) is 25.3. The summed E-state index contributed by atoms with van der Waals surface area (Å²) in [5, 5.41) is 6.67. The topological polar surface area (TPSA) is 88.3 Å². The fraction of sp³-hybridized carbons (Fsp3) is 0.600. The van der Waals surface area contributed by atoms with E-state index in [1.165, 1.54) is 6.07 Å². The van der Waals surface area contributed by atoms with Crippen LogP contribution in [0.15, 0.2) is 22.7 Å². The molecule has 188 valence electrons. The number of carbonyl (C=O) groups is 2. The van der Waals surface area contributed by atoms with Gasteiger partial charge in [-0.2, -0.15) is 18.2 Å². The van der Waals surface area contributed by atoms with Crippen molar-refractivity contribution < 1.29 is 27.3 Å². The van der Waals surface area contributed by atoms with Gasteiger partial charge in [0.25, 0.3) is 5.91 Å². The van der Waals surface area contributed by atoms with Gasteiger partial charge in [0.1, 0.15) is 0 Å². The lowest BCUT2D eigenvalue weighted by molar-refractivity contribution is -0.159. The minimum atomic E-state index is -4.74. The van der Waals surface area contributed by atoms with Crippen LogP contribution in [0.5, 0.6) is 0 Å². The molecule has 10 heteroatoms. The van der Waals surface area contributed by atoms with Crippen molar-refractivity contribution in [2.24, 2.45) is 16.7 Å². The zero-order valence-electron chi connectivity index (χ0n) is 20.2. The van der Waals surface area contributed by atoms with Gasteiger partial charge < -0.3 is 14.7 Å². The third-order valence-electron chi connectivity index (χ3n) is 8.61. The number of rotatable bonds is 4. The van der Waals surface area contributed by atoms with Crippen molar-refractivity contribution in [3.63, 3.8) is 0 Å². The Bertz CT molecular complexity index is 1170. The first-order valence-corrected chi connectivity index (χ1v) is 12.0. The normalized spacial score (nSPS) is 25.5. The van der Waals surface area contributed by atoms with Crippen molar-refractivity contribution in [2.75, 3.05) is 0 Å². The lowest BCUT2D eigenvalue weighted by Gasteiger charge is -2.38. The van der Waals surface area contributed by atoms with Gasteiger partial charge in [0.15, 0.2) is 0 Å². The molecule has 2 fully saturated rings. The van der Waals surface area contributed by atoms with Crippen LogP contribution in [0.3, 0.4) is 0 Å². The molecule has 2 amide bonds. The molecule has 0 saturated heterocycles. The molecule has 2 atom stereocenters. The van der Waals surface area contributed by atoms with E-state index in [-0.39, 0.29) is 52.0 Å². The Labute approximate surface area is 201 Å². The summed E-state index contributed by atoms with van der Waals surface area (Å²) >= 11 is 0. The van der Waals surface area contributed by atoms with Gasteiger partial charge in [0.2, 0.25) is 11.7 Å². The highest BCUT2D eigenvalue weighted by molar-refractivity contribution is 5.99. The number of nitrogens with zero attached hydrogens (tertiary/aromatic N) is 3. The predicted octanol–water partition coefficient (Wildman–Crippen LogP) is 4.82. The Morgan fingerprint density at radius 3 is 2.46 bits per heavy atom. The van der Waals surface area contributed by atoms with Crippen LogP contribution in [0.2, 0.25) is 0 Å². The van der Waals surface area contributed by atoms with Gasteiger partial charge in [0.05, 0.1) is 6.04 Å². The van der Waals surface area contributed by atoms with Crippen LogP contribution in [-0.4, -0.2) is 38.9 Å². The summed E-state index contributed by atoms with van der Waals surface area (Å²) in [6.45, 7) is 8.82. The molecule has 5 rings (SSSR count). The molecule has 1 aliphatic heterocycles. The van der Waals surface area contributed by atoms with E-state index in [1.54, 1.807) is 17.0 Å². The van der Waals surface area contributed by atoms with Crippen molar-refractivity contribution >= 4 is 11.8 Å². The van der Waals surface area contributed by atoms with E-state index >= 15 is 0 Å². The third kappa shape index (κ3) is 3.81. The molecule has 2 heterocycles. The lowest BCUT2D eigenvalue weighted by atomic mass is 9.88. The van der Waals surface area contributed by atoms with Crippen LogP contribution in [0.4, 0.5) is 13.2 Å². The number of benzene rings is 1. The van der Waals surface area contributed by atoms with Gasteiger partial charge in [-0.25, -0.2) is 0 Å². The minimum Gasteiger partial charge on any atom is -0.351 e. The van der Waals surface area contributed by atoms with Gasteiger partial charge >= 0.3 is 12.1 Å². The first-order valence-electron chi connectivity index (χ1n) is 12.0. The highest BCUT2D eigenvalue weighted by atomic mass is 19.4. The molecular weight excluding hydrogens is 461 g/mol. The maximum absolute atomic E-state index is 13.4. The lowest BCUT2D eigenvalue weighted by Crippen LogP contribution is -2.54. The van der Waals surface area contributed by atoms with Crippen molar-refractivity contribution in [3.8, 4) is 11.4 Å². The minimum absolute atomic E-state index is 0.0425. The maximum Gasteiger partial charge on any atom is 0.471 e. The number of hydrogen-bond donors (Lipinski definition) is 1. The van der Waals surface area contributed by atoms with E-state index in [0.29, 0.717) is 12.1 Å². The van der Waals surface area contributed by atoms with E-state index < -0.39 is 12.1 Å². The zero-order valence-corrected chi connectivity index (χ0v) is 20.2. The second kappa shape index (κ2) is 7.80. The van der Waals surface area contributed by atoms with Crippen LogP contribution in [-0.2, 0) is 17.5 Å². The fourth-order valence-corrected chi connectivity index (χ4v) is 5.96. The Balaban J connectivity index is 1.34. The molecule has 2 aromatic rings. The van der Waals surface area contributed by atoms with E-state index in [2.05, 4.69) is 47.7 Å². The maximum atomic E-state index is 13.4. The quantitative estimate of drug-likeness (QED) is 0.664. The SMILES string of the molecule is CC1(C)C(C(=O)N[C@@H]2CCCC[C@H]2N2Cc3ccc(-c4noc(C(F)(F)F)n4)cc3C2=O)C1(C)C. The second-order valence-corrected chi connectivity index (χ2v) is 11.1. The molecule has 7 nitrogen and oxygen atoms in total. The molecule has 2 aliphatic carbocycles. The molecule has 1 aromatic carbocycles. The molecule has 1 aromatic heterocycles. The van der Waals surface area contributed by atoms with Gasteiger partial charge in [-0.05, 0) is 35.3 Å². The first-order chi connectivity index (χ1) is 16.3. The summed E-state index contributed by atoms with van der Waals surface area (Å²) < 4.78 is 42.8. The number of nitrogens with one attached hydrogen (secondary N) is 1. The summed E-state index contributed by atoms with van der Waals surface area (Å²) in [5.41, 5.74) is 1.35. The van der Waals surface area contributed by atoms with Crippen LogP contribution < -0.4 is 5.32 Å². The number of halogens is 3. The number of alkyl halides is 3. The van der Waals surface area contributed by atoms with Gasteiger partial charge in [0, 0.05) is 29.6 Å². The first kappa shape index (κ1) is 23.8. The summed E-state index contributed by atoms with van der Waals surface area (Å²) in [7, 11) is 0. The number of carbonyl (C=O) groups excluding carboxylic acids is 2. The average Bonchev–Trinajstić information content (AvgIpc) is 3.20. The highest BCUT2D eigenvalue weighted by Crippen LogP contribution is 2.68. The number of amides is 2. The van der Waals surface area contributed by atoms with Crippen molar-refractivity contribution in [2.45, 2.75) is 78.2 Å². The number of aromatic nitrogens is 2. The van der Waals surface area contributed by atoms with Crippen LogP contribution in [0.25, 0.3) is 11.4 Å². The molecule has 3 aliphatic rings. The van der Waals surface area contributed by atoms with Gasteiger partial charge in [-0.3, -0.25) is 9.59 Å². The molecule has 0 spiro atoms. The van der Waals surface area contributed by atoms with E-state index in [9.17, 15) is 22.8 Å². The van der Waals surface area contributed by atoms with Crippen LogP contribution in [0.1, 0.15) is 75.2 Å². The Hall–Kier alpha value is -2.91. The number of hydrogen-bond acceptors (Lipinski definition) is 5. The van der Waals surface area contributed by atoms with E-state index in [1.807, 2.05) is 0 Å². The van der Waals surface area contributed by atoms with E-state index in [0.717, 1.165) is 31.2 Å². The Kier molecular flexibility index (Phi) is 5.30. The van der Waals surface area contributed by atoms with Gasteiger partial charge in [-0.15, -0.1) is 0 Å². The van der Waals surface area contributed by atoms with Gasteiger partial charge in [-0.1, -0.05) is 57.8 Å². The monoisotopic (exact) mass is 490 g/mol. The molecular formula is C25H29F3N4O3. The average molecular weight is 491 g/mol. The fourth-order valence-electron chi connectivity index (χ4n) is 5.96. The van der Waals surface area contributed by atoms with Crippen molar-refractivity contribution in [3.05, 3.63) is 35.2 Å². The predicted molar refractivity (Wildman–Crippen MR) is 120 cm³/mol. The summed E-state index contributed by atoms with van der Waals surface area (Å²) in [4.78, 5) is 31.7. The molecule has 2 saturated carbocycles. The van der Waals surface area contributed by atoms with E-state index in [4.69, 9.17) is 0 Å². The molecule has 35 heavy (non-hydrogen) atoms. The van der Waals surface area contributed by atoms with Crippen LogP contribution >= 0.6 is 0 Å². The standard InChI is InChI=1S/C25H29F3N4O3/c1-23(2)18(24(23,3)4)20(33)29-16-7-5-6-8-17(16)32-12-14-10-9-13(11-15(14)21(32)34)19-30-22(35-31-19)25(26,27)28/h9-11,16-18H,5-8,12H2,1-4H3,(H,29,33)/t16-,17-/m1/s1. The van der Waals surface area contributed by atoms with Crippen LogP contribution in [0, 0.1) is 16.7 Å². The molecule has 0 radical (unpaired) electrons. The summed E-state index contributed by atoms with van der Waals surface area (Å²) in [5.74, 6) is -1.86. The third-order valence-corrected chi connectivity index (χ3v) is 8.61. The number of fused-ring (bicyclic) bond motifs is 1. The van der Waals surface area contributed by atoms with Crippen molar-refractivity contribution in [1.82, 2.24) is 20.4 Å². The molecule has 0 bridgehead atoms.